The molecule has 1 aliphatic heterocycles. The molecule has 1 saturated carbocycles. The Labute approximate surface area is 179 Å². The minimum Gasteiger partial charge on any atom is -0.305 e. The maximum Gasteiger partial charge on any atom is 0.330 e. The summed E-state index contributed by atoms with van der Waals surface area (Å²) in [6.45, 7) is 6.44. The first kappa shape index (κ1) is 19.7. The predicted molar refractivity (Wildman–Crippen MR) is 120 cm³/mol. The summed E-state index contributed by atoms with van der Waals surface area (Å²) >= 11 is 0. The van der Waals surface area contributed by atoms with Crippen molar-refractivity contribution >= 4 is 22.6 Å². The number of amides is 1. The number of aromatic nitrogens is 3. The number of nitrogens with zero attached hydrogens (tertiary/aromatic N) is 3. The van der Waals surface area contributed by atoms with E-state index in [1.165, 1.54) is 4.57 Å². The Kier molecular flexibility index (Phi) is 4.57. The molecule has 31 heavy (non-hydrogen) atoms. The third-order valence-corrected chi connectivity index (χ3v) is 6.17. The normalized spacial score (nSPS) is 18.1. The van der Waals surface area contributed by atoms with Gasteiger partial charge in [0, 0.05) is 29.9 Å². The number of fused-ring (bicyclic) bond motifs is 2. The average molecular weight is 418 g/mol. The summed E-state index contributed by atoms with van der Waals surface area (Å²) in [6.07, 6.45) is 2.79. The van der Waals surface area contributed by atoms with Crippen LogP contribution in [0.25, 0.3) is 11.0 Å². The van der Waals surface area contributed by atoms with Crippen LogP contribution in [0.2, 0.25) is 0 Å². The van der Waals surface area contributed by atoms with Gasteiger partial charge in [-0.2, -0.15) is 0 Å². The fraction of sp³-hybridized carbons (Fsp3) is 0.417. The molecule has 7 heteroatoms. The van der Waals surface area contributed by atoms with Crippen LogP contribution in [-0.2, 0) is 13.0 Å². The molecule has 2 aromatic heterocycles. The molecule has 7 nitrogen and oxygen atoms in total. The van der Waals surface area contributed by atoms with Crippen molar-refractivity contribution in [2.45, 2.75) is 58.5 Å². The van der Waals surface area contributed by atoms with Crippen molar-refractivity contribution in [3.63, 3.8) is 0 Å². The average Bonchev–Trinajstić information content (AvgIpc) is 3.51. The van der Waals surface area contributed by atoms with Crippen molar-refractivity contribution in [2.75, 3.05) is 4.90 Å². The number of hydrogen-bond donors (Lipinski definition) is 1. The number of nitrogens with one attached hydrogen (secondary N) is 1. The van der Waals surface area contributed by atoms with E-state index in [0.29, 0.717) is 17.8 Å². The van der Waals surface area contributed by atoms with Gasteiger partial charge in [0.2, 0.25) is 0 Å². The molecule has 0 radical (unpaired) electrons. The van der Waals surface area contributed by atoms with Gasteiger partial charge < -0.3 is 4.90 Å². The maximum absolute atomic E-state index is 13.9. The van der Waals surface area contributed by atoms with Crippen LogP contribution in [-0.4, -0.2) is 26.5 Å². The lowest BCUT2D eigenvalue weighted by Gasteiger charge is -2.24. The minimum atomic E-state index is -0.557. The first-order chi connectivity index (χ1) is 14.8. The molecule has 0 saturated heterocycles. The number of para-hydroxylation sites is 1. The highest BCUT2D eigenvalue weighted by atomic mass is 16.2. The summed E-state index contributed by atoms with van der Waals surface area (Å²) in [4.78, 5) is 48.3. The second-order valence-electron chi connectivity index (χ2n) is 9.19. The van der Waals surface area contributed by atoms with E-state index in [1.807, 2.05) is 45.0 Å². The highest BCUT2D eigenvalue weighted by Crippen LogP contribution is 2.40. The van der Waals surface area contributed by atoms with Crippen LogP contribution in [0.1, 0.15) is 61.1 Å². The minimum absolute atomic E-state index is 0.0156. The zero-order chi connectivity index (χ0) is 21.9. The van der Waals surface area contributed by atoms with Crippen LogP contribution in [0.4, 0.5) is 5.69 Å². The molecule has 0 spiro atoms. The van der Waals surface area contributed by atoms with Gasteiger partial charge in [-0.1, -0.05) is 32.0 Å². The Morgan fingerprint density at radius 3 is 2.68 bits per heavy atom. The zero-order valence-electron chi connectivity index (χ0n) is 18.0. The molecule has 1 aliphatic carbocycles. The van der Waals surface area contributed by atoms with E-state index in [-0.39, 0.29) is 29.2 Å². The molecule has 1 atom stereocenters. The monoisotopic (exact) mass is 418 g/mol. The van der Waals surface area contributed by atoms with Gasteiger partial charge in [0.1, 0.15) is 0 Å². The van der Waals surface area contributed by atoms with Gasteiger partial charge in [0.25, 0.3) is 11.5 Å². The molecular formula is C24H26N4O3. The van der Waals surface area contributed by atoms with Crippen molar-refractivity contribution in [3.8, 4) is 0 Å². The third kappa shape index (κ3) is 3.28. The Morgan fingerprint density at radius 1 is 1.23 bits per heavy atom. The number of carbonyl (C=O) groups excluding carboxylic acids is 1. The lowest BCUT2D eigenvalue weighted by molar-refractivity contribution is 0.0983. The SMILES string of the molecule is CC(C)Cn1c(=O)[nH]c(=O)c2c(C(=O)N3c4ccccc4C[C@@H]3C)cc(C3CC3)nc21. The van der Waals surface area contributed by atoms with Crippen LogP contribution in [0.5, 0.6) is 0 Å². The van der Waals surface area contributed by atoms with E-state index in [9.17, 15) is 14.4 Å². The fourth-order valence-corrected chi connectivity index (χ4v) is 4.59. The van der Waals surface area contributed by atoms with Gasteiger partial charge in [-0.05, 0) is 49.8 Å². The number of carbonyl (C=O) groups is 1. The number of benzene rings is 1. The van der Waals surface area contributed by atoms with Crippen LogP contribution in [0, 0.1) is 5.92 Å². The molecular weight excluding hydrogens is 392 g/mol. The second-order valence-corrected chi connectivity index (χ2v) is 9.19. The van der Waals surface area contributed by atoms with Gasteiger partial charge in [0.15, 0.2) is 5.65 Å². The second kappa shape index (κ2) is 7.18. The number of aromatic amines is 1. The van der Waals surface area contributed by atoms with E-state index in [0.717, 1.165) is 36.2 Å². The van der Waals surface area contributed by atoms with Crippen molar-refractivity contribution in [3.05, 3.63) is 68.0 Å². The third-order valence-electron chi connectivity index (χ3n) is 6.17. The molecule has 1 aromatic carbocycles. The summed E-state index contributed by atoms with van der Waals surface area (Å²) in [7, 11) is 0. The van der Waals surface area contributed by atoms with Crippen molar-refractivity contribution in [1.29, 1.82) is 0 Å². The van der Waals surface area contributed by atoms with E-state index in [4.69, 9.17) is 4.98 Å². The van der Waals surface area contributed by atoms with Gasteiger partial charge in [-0.15, -0.1) is 0 Å². The van der Waals surface area contributed by atoms with E-state index < -0.39 is 11.2 Å². The van der Waals surface area contributed by atoms with E-state index in [2.05, 4.69) is 4.98 Å². The van der Waals surface area contributed by atoms with Crippen LogP contribution >= 0.6 is 0 Å². The Hall–Kier alpha value is -3.22. The molecule has 0 unspecified atom stereocenters. The molecule has 2 aliphatic rings. The zero-order valence-corrected chi connectivity index (χ0v) is 18.0. The Morgan fingerprint density at radius 2 is 1.97 bits per heavy atom. The molecule has 160 valence electrons. The molecule has 1 fully saturated rings. The molecule has 5 rings (SSSR count). The highest BCUT2D eigenvalue weighted by molar-refractivity contribution is 6.14. The summed E-state index contributed by atoms with van der Waals surface area (Å²) in [5, 5.41) is 0.200. The lowest BCUT2D eigenvalue weighted by Crippen LogP contribution is -2.38. The summed E-state index contributed by atoms with van der Waals surface area (Å²) in [5.41, 5.74) is 2.39. The van der Waals surface area contributed by atoms with E-state index >= 15 is 0 Å². The smallest absolute Gasteiger partial charge is 0.305 e. The first-order valence-electron chi connectivity index (χ1n) is 10.9. The van der Waals surface area contributed by atoms with E-state index in [1.54, 1.807) is 11.0 Å². The number of hydrogen-bond acceptors (Lipinski definition) is 4. The molecule has 3 aromatic rings. The van der Waals surface area contributed by atoms with Gasteiger partial charge >= 0.3 is 5.69 Å². The van der Waals surface area contributed by atoms with Crippen molar-refractivity contribution < 1.29 is 4.79 Å². The van der Waals surface area contributed by atoms with Crippen LogP contribution in [0.15, 0.2) is 39.9 Å². The fourth-order valence-electron chi connectivity index (χ4n) is 4.59. The Bertz CT molecular complexity index is 1320. The molecule has 1 N–H and O–H groups in total. The highest BCUT2D eigenvalue weighted by Gasteiger charge is 2.35. The number of rotatable bonds is 4. The van der Waals surface area contributed by atoms with Gasteiger partial charge in [-0.25, -0.2) is 9.78 Å². The van der Waals surface area contributed by atoms with Crippen molar-refractivity contribution in [2.24, 2.45) is 5.92 Å². The molecule has 1 amide bonds. The first-order valence-corrected chi connectivity index (χ1v) is 10.9. The largest absolute Gasteiger partial charge is 0.330 e. The number of H-pyrrole nitrogens is 1. The van der Waals surface area contributed by atoms with Crippen LogP contribution < -0.4 is 16.1 Å². The van der Waals surface area contributed by atoms with Gasteiger partial charge in [-0.3, -0.25) is 19.1 Å². The maximum atomic E-state index is 13.9. The van der Waals surface area contributed by atoms with Crippen LogP contribution in [0.3, 0.4) is 0 Å². The quantitative estimate of drug-likeness (QED) is 0.705. The van der Waals surface area contributed by atoms with Gasteiger partial charge in [0.05, 0.1) is 10.9 Å². The molecule has 0 bridgehead atoms. The standard InChI is InChI=1S/C24H26N4O3/c1-13(2)12-27-21-20(22(29)26-24(27)31)17(11-18(25-21)15-8-9-15)23(30)28-14(3)10-16-6-4-5-7-19(16)28/h4-7,11,13-15H,8-10,12H2,1-3H3,(H,26,29,31)/t14-/m0/s1. The Balaban J connectivity index is 1.76. The number of pyridine rings is 1. The summed E-state index contributed by atoms with van der Waals surface area (Å²) in [6, 6.07) is 9.63. The summed E-state index contributed by atoms with van der Waals surface area (Å²) in [5.74, 6) is 0.246. The van der Waals surface area contributed by atoms with Crippen molar-refractivity contribution in [1.82, 2.24) is 14.5 Å². The topological polar surface area (TPSA) is 88.1 Å². The predicted octanol–water partition coefficient (Wildman–Crippen LogP) is 3.21. The molecule has 3 heterocycles. The number of anilines is 1. The summed E-state index contributed by atoms with van der Waals surface area (Å²) < 4.78 is 1.51. The lowest BCUT2D eigenvalue weighted by atomic mass is 10.1.